The van der Waals surface area contributed by atoms with Gasteiger partial charge in [-0.15, -0.1) is 11.8 Å². The Hall–Kier alpha value is -1.11. The lowest BCUT2D eigenvalue weighted by molar-refractivity contribution is -0.118. The van der Waals surface area contributed by atoms with Gasteiger partial charge in [0, 0.05) is 25.1 Å². The Labute approximate surface area is 141 Å². The van der Waals surface area contributed by atoms with Crippen LogP contribution in [0.4, 0.5) is 4.39 Å². The lowest BCUT2D eigenvalue weighted by Crippen LogP contribution is -2.40. The molecule has 23 heavy (non-hydrogen) atoms. The summed E-state index contributed by atoms with van der Waals surface area (Å²) in [4.78, 5) is 15.2. The van der Waals surface area contributed by atoms with Crippen molar-refractivity contribution >= 4 is 17.7 Å². The van der Waals surface area contributed by atoms with Gasteiger partial charge in [0.25, 0.3) is 0 Å². The Morgan fingerprint density at radius 1 is 1.35 bits per heavy atom. The molecule has 0 radical (unpaired) electrons. The van der Waals surface area contributed by atoms with Gasteiger partial charge in [0.2, 0.25) is 5.91 Å². The Balaban J connectivity index is 1.59. The SMILES string of the molecule is COCCN1CCC(CNC(=O)CSc2ccc(F)cc2)CC1. The number of halogens is 1. The highest BCUT2D eigenvalue weighted by atomic mass is 32.2. The third-order valence-electron chi connectivity index (χ3n) is 4.09. The van der Waals surface area contributed by atoms with Gasteiger partial charge in [-0.1, -0.05) is 0 Å². The molecule has 0 aromatic heterocycles. The summed E-state index contributed by atoms with van der Waals surface area (Å²) in [6, 6.07) is 6.22. The fourth-order valence-electron chi connectivity index (χ4n) is 2.62. The van der Waals surface area contributed by atoms with E-state index in [2.05, 4.69) is 10.2 Å². The van der Waals surface area contributed by atoms with E-state index in [0.717, 1.165) is 50.5 Å². The monoisotopic (exact) mass is 340 g/mol. The van der Waals surface area contributed by atoms with E-state index in [1.165, 1.54) is 23.9 Å². The number of nitrogens with zero attached hydrogens (tertiary/aromatic N) is 1. The second kappa shape index (κ2) is 9.90. The molecule has 128 valence electrons. The van der Waals surface area contributed by atoms with Gasteiger partial charge in [0.1, 0.15) is 5.82 Å². The molecule has 2 rings (SSSR count). The molecule has 1 N–H and O–H groups in total. The van der Waals surface area contributed by atoms with E-state index >= 15 is 0 Å². The largest absolute Gasteiger partial charge is 0.383 e. The average molecular weight is 340 g/mol. The van der Waals surface area contributed by atoms with Crippen LogP contribution in [-0.2, 0) is 9.53 Å². The fraction of sp³-hybridized carbons (Fsp3) is 0.588. The lowest BCUT2D eigenvalue weighted by atomic mass is 9.97. The predicted octanol–water partition coefficient (Wildman–Crippen LogP) is 2.39. The Bertz CT molecular complexity index is 476. The zero-order chi connectivity index (χ0) is 16.5. The molecule has 1 fully saturated rings. The summed E-state index contributed by atoms with van der Waals surface area (Å²) in [5.41, 5.74) is 0. The second-order valence-electron chi connectivity index (χ2n) is 5.82. The number of likely N-dealkylation sites (tertiary alicyclic amines) is 1. The van der Waals surface area contributed by atoms with Gasteiger partial charge >= 0.3 is 0 Å². The minimum absolute atomic E-state index is 0.0427. The molecular formula is C17H25FN2O2S. The molecule has 1 aromatic carbocycles. The van der Waals surface area contributed by atoms with Gasteiger partial charge in [-0.25, -0.2) is 4.39 Å². The van der Waals surface area contributed by atoms with Gasteiger partial charge in [-0.05, 0) is 56.1 Å². The van der Waals surface area contributed by atoms with Crippen molar-refractivity contribution in [3.63, 3.8) is 0 Å². The van der Waals surface area contributed by atoms with Crippen molar-refractivity contribution in [2.45, 2.75) is 17.7 Å². The van der Waals surface area contributed by atoms with Crippen LogP contribution in [0.3, 0.4) is 0 Å². The number of piperidine rings is 1. The number of amides is 1. The van der Waals surface area contributed by atoms with Crippen molar-refractivity contribution in [2.24, 2.45) is 5.92 Å². The number of methoxy groups -OCH3 is 1. The van der Waals surface area contributed by atoms with E-state index in [9.17, 15) is 9.18 Å². The van der Waals surface area contributed by atoms with Crippen molar-refractivity contribution in [2.75, 3.05) is 45.6 Å². The van der Waals surface area contributed by atoms with Gasteiger partial charge in [-0.3, -0.25) is 4.79 Å². The summed E-state index contributed by atoms with van der Waals surface area (Å²) in [7, 11) is 1.73. The lowest BCUT2D eigenvalue weighted by Gasteiger charge is -2.31. The molecule has 4 nitrogen and oxygen atoms in total. The van der Waals surface area contributed by atoms with Crippen molar-refractivity contribution < 1.29 is 13.9 Å². The number of benzene rings is 1. The van der Waals surface area contributed by atoms with E-state index < -0.39 is 0 Å². The molecular weight excluding hydrogens is 315 g/mol. The van der Waals surface area contributed by atoms with Crippen molar-refractivity contribution in [1.29, 1.82) is 0 Å². The highest BCUT2D eigenvalue weighted by Crippen LogP contribution is 2.18. The molecule has 6 heteroatoms. The maximum atomic E-state index is 12.8. The molecule has 1 saturated heterocycles. The number of nitrogens with one attached hydrogen (secondary N) is 1. The predicted molar refractivity (Wildman–Crippen MR) is 91.2 cm³/mol. The molecule has 1 heterocycles. The third kappa shape index (κ3) is 6.89. The number of hydrogen-bond acceptors (Lipinski definition) is 4. The summed E-state index contributed by atoms with van der Waals surface area (Å²) in [5.74, 6) is 0.726. The number of carbonyl (C=O) groups excluding carboxylic acids is 1. The van der Waals surface area contributed by atoms with Crippen LogP contribution in [0.1, 0.15) is 12.8 Å². The Morgan fingerprint density at radius 2 is 2.04 bits per heavy atom. The first-order valence-electron chi connectivity index (χ1n) is 8.03. The van der Waals surface area contributed by atoms with Crippen LogP contribution in [-0.4, -0.2) is 56.5 Å². The first-order valence-corrected chi connectivity index (χ1v) is 9.02. The summed E-state index contributed by atoms with van der Waals surface area (Å²) < 4.78 is 17.9. The molecule has 0 atom stereocenters. The van der Waals surface area contributed by atoms with Gasteiger partial charge in [0.05, 0.1) is 12.4 Å². The van der Waals surface area contributed by atoms with E-state index in [1.54, 1.807) is 19.2 Å². The maximum Gasteiger partial charge on any atom is 0.230 e. The molecule has 0 unspecified atom stereocenters. The molecule has 0 saturated carbocycles. The van der Waals surface area contributed by atoms with Crippen molar-refractivity contribution in [1.82, 2.24) is 10.2 Å². The minimum Gasteiger partial charge on any atom is -0.383 e. The Morgan fingerprint density at radius 3 is 2.70 bits per heavy atom. The zero-order valence-electron chi connectivity index (χ0n) is 13.6. The van der Waals surface area contributed by atoms with E-state index in [1.807, 2.05) is 0 Å². The van der Waals surface area contributed by atoms with E-state index in [0.29, 0.717) is 11.7 Å². The summed E-state index contributed by atoms with van der Waals surface area (Å²) in [6.07, 6.45) is 2.24. The topological polar surface area (TPSA) is 41.6 Å². The van der Waals surface area contributed by atoms with Gasteiger partial charge in [0.15, 0.2) is 0 Å². The van der Waals surface area contributed by atoms with E-state index in [-0.39, 0.29) is 11.7 Å². The highest BCUT2D eigenvalue weighted by Gasteiger charge is 2.19. The highest BCUT2D eigenvalue weighted by molar-refractivity contribution is 8.00. The van der Waals surface area contributed by atoms with Crippen LogP contribution in [0.5, 0.6) is 0 Å². The molecule has 0 spiro atoms. The van der Waals surface area contributed by atoms with Crippen LogP contribution in [0.2, 0.25) is 0 Å². The van der Waals surface area contributed by atoms with Crippen LogP contribution < -0.4 is 5.32 Å². The van der Waals surface area contributed by atoms with Gasteiger partial charge < -0.3 is 15.0 Å². The fourth-order valence-corrected chi connectivity index (χ4v) is 3.35. The molecule has 1 aliphatic rings. The molecule has 1 aromatic rings. The molecule has 0 aliphatic carbocycles. The molecule has 0 bridgehead atoms. The van der Waals surface area contributed by atoms with Crippen LogP contribution in [0.15, 0.2) is 29.2 Å². The average Bonchev–Trinajstić information content (AvgIpc) is 2.58. The quantitative estimate of drug-likeness (QED) is 0.738. The molecule has 1 amide bonds. The van der Waals surface area contributed by atoms with Crippen LogP contribution in [0.25, 0.3) is 0 Å². The second-order valence-corrected chi connectivity index (χ2v) is 6.87. The number of thioether (sulfide) groups is 1. The first-order chi connectivity index (χ1) is 11.2. The summed E-state index contributed by atoms with van der Waals surface area (Å²) in [5, 5.41) is 3.01. The first kappa shape index (κ1) is 18.2. The van der Waals surface area contributed by atoms with E-state index in [4.69, 9.17) is 4.74 Å². The van der Waals surface area contributed by atoms with Crippen LogP contribution in [0, 0.1) is 11.7 Å². The van der Waals surface area contributed by atoms with Gasteiger partial charge in [-0.2, -0.15) is 0 Å². The summed E-state index contributed by atoms with van der Waals surface area (Å²) >= 11 is 1.43. The van der Waals surface area contributed by atoms with Crippen molar-refractivity contribution in [3.8, 4) is 0 Å². The number of ether oxygens (including phenoxy) is 1. The van der Waals surface area contributed by atoms with Crippen molar-refractivity contribution in [3.05, 3.63) is 30.1 Å². The third-order valence-corrected chi connectivity index (χ3v) is 5.10. The number of carbonyl (C=O) groups is 1. The summed E-state index contributed by atoms with van der Waals surface area (Å²) in [6.45, 7) is 4.68. The number of rotatable bonds is 8. The normalized spacial score (nSPS) is 16.4. The van der Waals surface area contributed by atoms with Crippen LogP contribution >= 0.6 is 11.8 Å². The number of hydrogen-bond donors (Lipinski definition) is 1. The minimum atomic E-state index is -0.254. The Kier molecular flexibility index (Phi) is 7.85. The smallest absolute Gasteiger partial charge is 0.230 e. The molecule has 1 aliphatic heterocycles. The standard InChI is InChI=1S/C17H25FN2O2S/c1-22-11-10-20-8-6-14(7-9-20)12-19-17(21)13-23-16-4-2-15(18)3-5-16/h2-5,14H,6-13H2,1H3,(H,19,21). The zero-order valence-corrected chi connectivity index (χ0v) is 14.4. The maximum absolute atomic E-state index is 12.8.